The number of alkyl carbamates (subject to hydrolysis) is 1. The van der Waals surface area contributed by atoms with Crippen molar-refractivity contribution in [2.45, 2.75) is 19.1 Å². The van der Waals surface area contributed by atoms with Crippen LogP contribution in [0.3, 0.4) is 0 Å². The summed E-state index contributed by atoms with van der Waals surface area (Å²) in [5.41, 5.74) is 2.16. The topological polar surface area (TPSA) is 47.6 Å². The number of halogens is 1. The van der Waals surface area contributed by atoms with E-state index >= 15 is 0 Å². The Labute approximate surface area is 144 Å². The van der Waals surface area contributed by atoms with E-state index in [1.165, 1.54) is 0 Å². The summed E-state index contributed by atoms with van der Waals surface area (Å²) >= 11 is 3.46. The lowest BCUT2D eigenvalue weighted by Gasteiger charge is -2.18. The number of carbonyl (C=O) groups is 1. The molecule has 2 aromatic rings. The van der Waals surface area contributed by atoms with E-state index in [2.05, 4.69) is 21.2 Å². The molecule has 1 atom stereocenters. The molecule has 0 spiro atoms. The predicted molar refractivity (Wildman–Crippen MR) is 93.1 cm³/mol. The van der Waals surface area contributed by atoms with Crippen molar-refractivity contribution in [1.82, 2.24) is 5.32 Å². The fourth-order valence-corrected chi connectivity index (χ4v) is 2.61. The molecule has 0 aliphatic heterocycles. The molecule has 2 rings (SSSR count). The van der Waals surface area contributed by atoms with Gasteiger partial charge in [0.2, 0.25) is 0 Å². The summed E-state index contributed by atoms with van der Waals surface area (Å²) in [6.07, 6.45) is 0.0504. The molecule has 2 aromatic carbocycles. The molecule has 23 heavy (non-hydrogen) atoms. The van der Waals surface area contributed by atoms with Gasteiger partial charge >= 0.3 is 6.09 Å². The molecule has 0 saturated heterocycles. The highest BCUT2D eigenvalue weighted by Crippen LogP contribution is 2.23. The van der Waals surface area contributed by atoms with E-state index < -0.39 is 6.09 Å². The van der Waals surface area contributed by atoms with Crippen molar-refractivity contribution in [2.75, 3.05) is 13.7 Å². The molecule has 5 heteroatoms. The van der Waals surface area contributed by atoms with Crippen LogP contribution in [0.15, 0.2) is 59.1 Å². The number of amides is 1. The molecule has 0 aliphatic rings. The maximum atomic E-state index is 11.2. The molecule has 0 radical (unpaired) electrons. The molecule has 0 fully saturated rings. The molecule has 0 heterocycles. The van der Waals surface area contributed by atoms with Crippen molar-refractivity contribution in [3.05, 3.63) is 70.2 Å². The van der Waals surface area contributed by atoms with Crippen molar-refractivity contribution in [1.29, 1.82) is 0 Å². The van der Waals surface area contributed by atoms with Gasteiger partial charge in [0.1, 0.15) is 0 Å². The zero-order valence-electron chi connectivity index (χ0n) is 13.0. The summed E-state index contributed by atoms with van der Waals surface area (Å²) in [5.74, 6) is 0. The van der Waals surface area contributed by atoms with Crippen LogP contribution >= 0.6 is 15.9 Å². The second-order valence-corrected chi connectivity index (χ2v) is 5.93. The number of benzene rings is 2. The van der Waals surface area contributed by atoms with E-state index in [-0.39, 0.29) is 6.10 Å². The lowest BCUT2D eigenvalue weighted by Crippen LogP contribution is -2.20. The lowest BCUT2D eigenvalue weighted by molar-refractivity contribution is 0.0199. The highest BCUT2D eigenvalue weighted by molar-refractivity contribution is 9.10. The van der Waals surface area contributed by atoms with E-state index in [9.17, 15) is 4.79 Å². The monoisotopic (exact) mass is 377 g/mol. The van der Waals surface area contributed by atoms with E-state index in [1.807, 2.05) is 54.6 Å². The summed E-state index contributed by atoms with van der Waals surface area (Å²) in [4.78, 5) is 11.2. The Kier molecular flexibility index (Phi) is 7.10. The summed E-state index contributed by atoms with van der Waals surface area (Å²) < 4.78 is 12.2. The Hall–Kier alpha value is -1.85. The zero-order valence-corrected chi connectivity index (χ0v) is 14.6. The van der Waals surface area contributed by atoms with Gasteiger partial charge in [0.15, 0.2) is 0 Å². The van der Waals surface area contributed by atoms with Gasteiger partial charge in [0.25, 0.3) is 0 Å². The Morgan fingerprint density at radius 3 is 2.65 bits per heavy atom. The molecule has 0 saturated carbocycles. The van der Waals surface area contributed by atoms with Crippen LogP contribution < -0.4 is 5.32 Å². The maximum Gasteiger partial charge on any atom is 0.406 e. The van der Waals surface area contributed by atoms with Crippen LogP contribution in [-0.4, -0.2) is 19.7 Å². The quantitative estimate of drug-likeness (QED) is 0.774. The first-order valence-electron chi connectivity index (χ1n) is 7.44. The number of ether oxygens (including phenoxy) is 2. The number of hydrogen-bond donors (Lipinski definition) is 1. The van der Waals surface area contributed by atoms with E-state index in [0.717, 1.165) is 15.6 Å². The van der Waals surface area contributed by atoms with Gasteiger partial charge in [-0.05, 0) is 23.3 Å². The second-order valence-electron chi connectivity index (χ2n) is 5.01. The van der Waals surface area contributed by atoms with Crippen molar-refractivity contribution in [3.8, 4) is 0 Å². The highest BCUT2D eigenvalue weighted by atomic mass is 79.9. The Bertz CT molecular complexity index is 619. The molecule has 4 nitrogen and oxygen atoms in total. The molecule has 0 aliphatic carbocycles. The Balaban J connectivity index is 1.97. The lowest BCUT2D eigenvalue weighted by atomic mass is 10.1. The summed E-state index contributed by atoms with van der Waals surface area (Å²) in [7, 11) is 1.54. The van der Waals surface area contributed by atoms with Crippen LogP contribution in [0.4, 0.5) is 4.79 Å². The van der Waals surface area contributed by atoms with Crippen LogP contribution in [0, 0.1) is 0 Å². The first-order valence-corrected chi connectivity index (χ1v) is 8.24. The predicted octanol–water partition coefficient (Wildman–Crippen LogP) is 4.45. The SMILES string of the molecule is CNC(=O)OCCC(OCc1cccc(Br)c1)c1ccccc1. The molecule has 0 aromatic heterocycles. The maximum absolute atomic E-state index is 11.2. The van der Waals surface area contributed by atoms with Gasteiger partial charge in [-0.3, -0.25) is 0 Å². The zero-order chi connectivity index (χ0) is 16.5. The average Bonchev–Trinajstić information content (AvgIpc) is 2.58. The van der Waals surface area contributed by atoms with Gasteiger partial charge in [0.05, 0.1) is 19.3 Å². The summed E-state index contributed by atoms with van der Waals surface area (Å²) in [5, 5.41) is 2.44. The van der Waals surface area contributed by atoms with Crippen molar-refractivity contribution in [3.63, 3.8) is 0 Å². The van der Waals surface area contributed by atoms with Gasteiger partial charge in [-0.15, -0.1) is 0 Å². The Morgan fingerprint density at radius 1 is 1.17 bits per heavy atom. The number of nitrogens with one attached hydrogen (secondary N) is 1. The fraction of sp³-hybridized carbons (Fsp3) is 0.278. The normalized spacial score (nSPS) is 11.7. The first kappa shape index (κ1) is 17.5. The minimum Gasteiger partial charge on any atom is -0.449 e. The Morgan fingerprint density at radius 2 is 1.96 bits per heavy atom. The molecular formula is C18H20BrNO3. The van der Waals surface area contributed by atoms with Crippen molar-refractivity contribution >= 4 is 22.0 Å². The van der Waals surface area contributed by atoms with E-state index in [1.54, 1.807) is 7.05 Å². The van der Waals surface area contributed by atoms with Gasteiger partial charge < -0.3 is 14.8 Å². The van der Waals surface area contributed by atoms with Gasteiger partial charge in [-0.25, -0.2) is 4.79 Å². The smallest absolute Gasteiger partial charge is 0.406 e. The van der Waals surface area contributed by atoms with Crippen molar-refractivity contribution < 1.29 is 14.3 Å². The standard InChI is InChI=1S/C18H20BrNO3/c1-20-18(21)22-11-10-17(15-7-3-2-4-8-15)23-13-14-6-5-9-16(19)12-14/h2-9,12,17H,10-11,13H2,1H3,(H,20,21). The summed E-state index contributed by atoms with van der Waals surface area (Å²) in [6, 6.07) is 18.0. The average molecular weight is 378 g/mol. The van der Waals surface area contributed by atoms with Crippen LogP contribution in [0.1, 0.15) is 23.7 Å². The van der Waals surface area contributed by atoms with Crippen LogP contribution in [0.25, 0.3) is 0 Å². The van der Waals surface area contributed by atoms with E-state index in [0.29, 0.717) is 19.6 Å². The third-order valence-electron chi connectivity index (χ3n) is 3.33. The second kappa shape index (κ2) is 9.33. The molecule has 0 bridgehead atoms. The van der Waals surface area contributed by atoms with Crippen LogP contribution in [0.2, 0.25) is 0 Å². The van der Waals surface area contributed by atoms with Gasteiger partial charge in [0, 0.05) is 17.9 Å². The van der Waals surface area contributed by atoms with Gasteiger partial charge in [-0.1, -0.05) is 58.4 Å². The third-order valence-corrected chi connectivity index (χ3v) is 3.82. The molecular weight excluding hydrogens is 358 g/mol. The van der Waals surface area contributed by atoms with Crippen molar-refractivity contribution in [2.24, 2.45) is 0 Å². The summed E-state index contributed by atoms with van der Waals surface area (Å²) in [6.45, 7) is 0.802. The fourth-order valence-electron chi connectivity index (χ4n) is 2.17. The first-order chi connectivity index (χ1) is 11.2. The largest absolute Gasteiger partial charge is 0.449 e. The van der Waals surface area contributed by atoms with Crippen LogP contribution in [0.5, 0.6) is 0 Å². The molecule has 1 unspecified atom stereocenters. The van der Waals surface area contributed by atoms with E-state index in [4.69, 9.17) is 9.47 Å². The number of hydrogen-bond acceptors (Lipinski definition) is 3. The number of rotatable bonds is 7. The minimum absolute atomic E-state index is 0.125. The molecule has 1 amide bonds. The molecule has 122 valence electrons. The van der Waals surface area contributed by atoms with Gasteiger partial charge in [-0.2, -0.15) is 0 Å². The molecule has 1 N–H and O–H groups in total. The highest BCUT2D eigenvalue weighted by Gasteiger charge is 2.13. The third kappa shape index (κ3) is 6.04. The number of carbonyl (C=O) groups excluding carboxylic acids is 1. The van der Waals surface area contributed by atoms with Crippen LogP contribution in [-0.2, 0) is 16.1 Å². The minimum atomic E-state index is -0.427.